The van der Waals surface area contributed by atoms with E-state index in [2.05, 4.69) is 17.0 Å². The van der Waals surface area contributed by atoms with Crippen LogP contribution < -0.4 is 14.4 Å². The van der Waals surface area contributed by atoms with E-state index in [0.717, 1.165) is 13.1 Å². The molecular formula is C21H24N2O5. The summed E-state index contributed by atoms with van der Waals surface area (Å²) in [5.41, 5.74) is 1.52. The lowest BCUT2D eigenvalue weighted by Gasteiger charge is -2.36. The highest BCUT2D eigenvalue weighted by Crippen LogP contribution is 2.28. The standard InChI is InChI=1S/C21H24N2O5/c1-26-19-14-16(21(25)27-2)8-9-18(19)28-15-20(24)23-12-10-22(11-13-23)17-6-4-3-5-7-17/h3-9,14H,10-13,15H2,1-2H3. The van der Waals surface area contributed by atoms with Crippen LogP contribution in [0.2, 0.25) is 0 Å². The number of esters is 1. The second-order valence-corrected chi connectivity index (χ2v) is 6.35. The molecular weight excluding hydrogens is 360 g/mol. The van der Waals surface area contributed by atoms with Crippen LogP contribution in [0.15, 0.2) is 48.5 Å². The number of ether oxygens (including phenoxy) is 3. The molecule has 0 aliphatic carbocycles. The number of hydrogen-bond donors (Lipinski definition) is 0. The maximum Gasteiger partial charge on any atom is 0.337 e. The van der Waals surface area contributed by atoms with Crippen LogP contribution in [0.5, 0.6) is 11.5 Å². The first-order chi connectivity index (χ1) is 13.6. The van der Waals surface area contributed by atoms with E-state index >= 15 is 0 Å². The van der Waals surface area contributed by atoms with Gasteiger partial charge in [0.2, 0.25) is 0 Å². The largest absolute Gasteiger partial charge is 0.493 e. The van der Waals surface area contributed by atoms with Crippen molar-refractivity contribution in [2.75, 3.05) is 51.9 Å². The molecule has 7 heteroatoms. The molecule has 7 nitrogen and oxygen atoms in total. The molecule has 1 heterocycles. The van der Waals surface area contributed by atoms with E-state index in [0.29, 0.717) is 30.2 Å². The molecule has 1 amide bonds. The van der Waals surface area contributed by atoms with Gasteiger partial charge in [-0.05, 0) is 30.3 Å². The number of amides is 1. The minimum absolute atomic E-state index is 0.0770. The molecule has 0 radical (unpaired) electrons. The zero-order valence-corrected chi connectivity index (χ0v) is 16.1. The molecule has 1 aliphatic heterocycles. The predicted octanol–water partition coefficient (Wildman–Crippen LogP) is 2.21. The van der Waals surface area contributed by atoms with E-state index in [-0.39, 0.29) is 12.5 Å². The van der Waals surface area contributed by atoms with Gasteiger partial charge in [0.1, 0.15) is 0 Å². The van der Waals surface area contributed by atoms with Gasteiger partial charge in [-0.1, -0.05) is 18.2 Å². The Morgan fingerprint density at radius 1 is 0.929 bits per heavy atom. The molecule has 0 unspecified atom stereocenters. The molecule has 0 atom stereocenters. The van der Waals surface area contributed by atoms with Gasteiger partial charge in [-0.15, -0.1) is 0 Å². The summed E-state index contributed by atoms with van der Waals surface area (Å²) in [5, 5.41) is 0. The summed E-state index contributed by atoms with van der Waals surface area (Å²) in [6, 6.07) is 14.9. The number of carbonyl (C=O) groups excluding carboxylic acids is 2. The van der Waals surface area contributed by atoms with Crippen molar-refractivity contribution in [3.8, 4) is 11.5 Å². The van der Waals surface area contributed by atoms with Gasteiger partial charge < -0.3 is 24.0 Å². The van der Waals surface area contributed by atoms with Crippen LogP contribution in [0, 0.1) is 0 Å². The van der Waals surface area contributed by atoms with Crippen molar-refractivity contribution in [3.63, 3.8) is 0 Å². The monoisotopic (exact) mass is 384 g/mol. The first-order valence-electron chi connectivity index (χ1n) is 9.09. The Hall–Kier alpha value is -3.22. The quantitative estimate of drug-likeness (QED) is 0.712. The molecule has 148 valence electrons. The topological polar surface area (TPSA) is 68.3 Å². The third-order valence-corrected chi connectivity index (χ3v) is 4.69. The molecule has 2 aromatic carbocycles. The average molecular weight is 384 g/mol. The van der Waals surface area contributed by atoms with E-state index in [1.165, 1.54) is 26.0 Å². The SMILES string of the molecule is COC(=O)c1ccc(OCC(=O)N2CCN(c3ccccc3)CC2)c(OC)c1. The predicted molar refractivity (Wildman–Crippen MR) is 105 cm³/mol. The van der Waals surface area contributed by atoms with Gasteiger partial charge >= 0.3 is 5.97 Å². The molecule has 0 spiro atoms. The van der Waals surface area contributed by atoms with Gasteiger partial charge in [-0.25, -0.2) is 4.79 Å². The summed E-state index contributed by atoms with van der Waals surface area (Å²) < 4.78 is 15.6. The Morgan fingerprint density at radius 3 is 2.29 bits per heavy atom. The summed E-state index contributed by atoms with van der Waals surface area (Å²) in [6.45, 7) is 2.78. The first-order valence-corrected chi connectivity index (χ1v) is 9.09. The Bertz CT molecular complexity index is 817. The Labute approximate surface area is 164 Å². The summed E-state index contributed by atoms with van der Waals surface area (Å²) in [7, 11) is 2.79. The number of hydrogen-bond acceptors (Lipinski definition) is 6. The van der Waals surface area contributed by atoms with Crippen LogP contribution in [-0.4, -0.2) is 63.8 Å². The van der Waals surface area contributed by atoms with Crippen molar-refractivity contribution in [3.05, 3.63) is 54.1 Å². The molecule has 1 saturated heterocycles. The smallest absolute Gasteiger partial charge is 0.337 e. The normalized spacial score (nSPS) is 13.8. The molecule has 1 aliphatic rings. The van der Waals surface area contributed by atoms with E-state index in [4.69, 9.17) is 14.2 Å². The maximum atomic E-state index is 12.5. The number of carbonyl (C=O) groups is 2. The number of para-hydroxylation sites is 1. The highest BCUT2D eigenvalue weighted by atomic mass is 16.5. The molecule has 0 N–H and O–H groups in total. The van der Waals surface area contributed by atoms with Gasteiger partial charge in [0.25, 0.3) is 5.91 Å². The Morgan fingerprint density at radius 2 is 1.64 bits per heavy atom. The fraction of sp³-hybridized carbons (Fsp3) is 0.333. The zero-order valence-electron chi connectivity index (χ0n) is 16.1. The second-order valence-electron chi connectivity index (χ2n) is 6.35. The molecule has 28 heavy (non-hydrogen) atoms. The lowest BCUT2D eigenvalue weighted by molar-refractivity contribution is -0.133. The van der Waals surface area contributed by atoms with Crippen molar-refractivity contribution in [1.82, 2.24) is 4.90 Å². The van der Waals surface area contributed by atoms with E-state index in [9.17, 15) is 9.59 Å². The summed E-state index contributed by atoms with van der Waals surface area (Å²) >= 11 is 0. The second kappa shape index (κ2) is 9.12. The lowest BCUT2D eigenvalue weighted by atomic mass is 10.2. The van der Waals surface area contributed by atoms with E-state index in [1.807, 2.05) is 18.2 Å². The minimum atomic E-state index is -0.461. The highest BCUT2D eigenvalue weighted by molar-refractivity contribution is 5.90. The zero-order chi connectivity index (χ0) is 19.9. The number of benzene rings is 2. The van der Waals surface area contributed by atoms with Crippen LogP contribution >= 0.6 is 0 Å². The third kappa shape index (κ3) is 4.54. The van der Waals surface area contributed by atoms with Crippen LogP contribution in [0.3, 0.4) is 0 Å². The summed E-state index contributed by atoms with van der Waals surface area (Å²) in [4.78, 5) is 28.2. The summed E-state index contributed by atoms with van der Waals surface area (Å²) in [6.07, 6.45) is 0. The molecule has 0 saturated carbocycles. The lowest BCUT2D eigenvalue weighted by Crippen LogP contribution is -2.50. The first kappa shape index (κ1) is 19.5. The van der Waals surface area contributed by atoms with Gasteiger partial charge in [0.15, 0.2) is 18.1 Å². The van der Waals surface area contributed by atoms with Crippen LogP contribution in [-0.2, 0) is 9.53 Å². The van der Waals surface area contributed by atoms with Gasteiger partial charge in [0.05, 0.1) is 19.8 Å². The molecule has 0 bridgehead atoms. The van der Waals surface area contributed by atoms with Gasteiger partial charge in [-0.2, -0.15) is 0 Å². The van der Waals surface area contributed by atoms with Gasteiger partial charge in [0, 0.05) is 31.9 Å². The van der Waals surface area contributed by atoms with Crippen molar-refractivity contribution in [2.24, 2.45) is 0 Å². The minimum Gasteiger partial charge on any atom is -0.493 e. The molecule has 3 rings (SSSR count). The number of piperazine rings is 1. The fourth-order valence-corrected chi connectivity index (χ4v) is 3.12. The Balaban J connectivity index is 1.54. The van der Waals surface area contributed by atoms with Crippen molar-refractivity contribution in [2.45, 2.75) is 0 Å². The average Bonchev–Trinajstić information content (AvgIpc) is 2.77. The van der Waals surface area contributed by atoms with Crippen molar-refractivity contribution < 1.29 is 23.8 Å². The van der Waals surface area contributed by atoms with Crippen LogP contribution in [0.4, 0.5) is 5.69 Å². The summed E-state index contributed by atoms with van der Waals surface area (Å²) in [5.74, 6) is 0.250. The highest BCUT2D eigenvalue weighted by Gasteiger charge is 2.22. The molecule has 1 fully saturated rings. The number of nitrogens with zero attached hydrogens (tertiary/aromatic N) is 2. The van der Waals surface area contributed by atoms with Gasteiger partial charge in [-0.3, -0.25) is 4.79 Å². The van der Waals surface area contributed by atoms with E-state index in [1.54, 1.807) is 17.0 Å². The number of rotatable bonds is 6. The Kier molecular flexibility index (Phi) is 6.37. The van der Waals surface area contributed by atoms with Crippen LogP contribution in [0.1, 0.15) is 10.4 Å². The van der Waals surface area contributed by atoms with E-state index < -0.39 is 5.97 Å². The van der Waals surface area contributed by atoms with Crippen LogP contribution in [0.25, 0.3) is 0 Å². The molecule has 2 aromatic rings. The number of methoxy groups -OCH3 is 2. The maximum absolute atomic E-state index is 12.5. The third-order valence-electron chi connectivity index (χ3n) is 4.69. The fourth-order valence-electron chi connectivity index (χ4n) is 3.12. The van der Waals surface area contributed by atoms with Crippen molar-refractivity contribution in [1.29, 1.82) is 0 Å². The molecule has 0 aromatic heterocycles. The number of anilines is 1. The van der Waals surface area contributed by atoms with Crippen molar-refractivity contribution >= 4 is 17.6 Å².